The SMILES string of the molecule is CCC1COC(C)CN1CCNC1CCS(=O)(=O)C1. The van der Waals surface area contributed by atoms with E-state index in [4.69, 9.17) is 4.74 Å². The molecule has 5 nitrogen and oxygen atoms in total. The normalized spacial score (nSPS) is 35.6. The summed E-state index contributed by atoms with van der Waals surface area (Å²) in [7, 11) is -2.77. The minimum Gasteiger partial charge on any atom is -0.376 e. The van der Waals surface area contributed by atoms with Gasteiger partial charge in [-0.05, 0) is 19.8 Å². The van der Waals surface area contributed by atoms with Crippen molar-refractivity contribution in [2.75, 3.05) is 37.7 Å². The number of rotatable bonds is 5. The van der Waals surface area contributed by atoms with Gasteiger partial charge in [-0.3, -0.25) is 4.90 Å². The van der Waals surface area contributed by atoms with Crippen molar-refractivity contribution in [2.45, 2.75) is 44.9 Å². The molecule has 2 aliphatic rings. The third kappa shape index (κ3) is 4.41. The highest BCUT2D eigenvalue weighted by Crippen LogP contribution is 2.14. The first kappa shape index (κ1) is 15.2. The van der Waals surface area contributed by atoms with Crippen molar-refractivity contribution in [3.8, 4) is 0 Å². The lowest BCUT2D eigenvalue weighted by atomic mass is 10.1. The Labute approximate surface area is 116 Å². The zero-order valence-electron chi connectivity index (χ0n) is 12.0. The number of morpholine rings is 1. The maximum absolute atomic E-state index is 11.4. The summed E-state index contributed by atoms with van der Waals surface area (Å²) in [5.41, 5.74) is 0. The first-order chi connectivity index (χ1) is 9.00. The lowest BCUT2D eigenvalue weighted by Gasteiger charge is -2.38. The monoisotopic (exact) mass is 290 g/mol. The molecule has 0 aliphatic carbocycles. The van der Waals surface area contributed by atoms with Crippen molar-refractivity contribution < 1.29 is 13.2 Å². The molecule has 0 amide bonds. The summed E-state index contributed by atoms with van der Waals surface area (Å²) >= 11 is 0. The molecule has 112 valence electrons. The van der Waals surface area contributed by atoms with Crippen LogP contribution >= 0.6 is 0 Å². The highest BCUT2D eigenvalue weighted by Gasteiger charge is 2.28. The summed E-state index contributed by atoms with van der Waals surface area (Å²) in [6.45, 7) is 7.93. The predicted octanol–water partition coefficient (Wildman–Crippen LogP) is 0.262. The van der Waals surface area contributed by atoms with E-state index in [9.17, 15) is 8.42 Å². The Balaban J connectivity index is 1.72. The van der Waals surface area contributed by atoms with E-state index in [-0.39, 0.29) is 6.04 Å². The number of hydrogen-bond acceptors (Lipinski definition) is 5. The van der Waals surface area contributed by atoms with Crippen molar-refractivity contribution >= 4 is 9.84 Å². The van der Waals surface area contributed by atoms with Crippen molar-refractivity contribution in [3.63, 3.8) is 0 Å². The van der Waals surface area contributed by atoms with Crippen molar-refractivity contribution in [1.29, 1.82) is 0 Å². The largest absolute Gasteiger partial charge is 0.376 e. The Morgan fingerprint density at radius 3 is 2.84 bits per heavy atom. The van der Waals surface area contributed by atoms with Crippen LogP contribution in [-0.2, 0) is 14.6 Å². The van der Waals surface area contributed by atoms with Gasteiger partial charge in [-0.15, -0.1) is 0 Å². The molecule has 1 N–H and O–H groups in total. The van der Waals surface area contributed by atoms with Crippen LogP contribution in [0.1, 0.15) is 26.7 Å². The second-order valence-electron chi connectivity index (χ2n) is 5.76. The summed E-state index contributed by atoms with van der Waals surface area (Å²) in [5.74, 6) is 0.653. The number of nitrogens with one attached hydrogen (secondary N) is 1. The zero-order valence-corrected chi connectivity index (χ0v) is 12.8. The first-order valence-corrected chi connectivity index (χ1v) is 9.12. The minimum atomic E-state index is -2.77. The van der Waals surface area contributed by atoms with Gasteiger partial charge in [0.25, 0.3) is 0 Å². The molecule has 19 heavy (non-hydrogen) atoms. The molecule has 3 atom stereocenters. The summed E-state index contributed by atoms with van der Waals surface area (Å²) in [4.78, 5) is 2.46. The molecule has 3 unspecified atom stereocenters. The van der Waals surface area contributed by atoms with Gasteiger partial charge in [-0.2, -0.15) is 0 Å². The Kier molecular flexibility index (Phi) is 5.22. The zero-order chi connectivity index (χ0) is 13.9. The highest BCUT2D eigenvalue weighted by atomic mass is 32.2. The molecule has 6 heteroatoms. The van der Waals surface area contributed by atoms with Gasteiger partial charge in [0.2, 0.25) is 0 Å². The Bertz CT molecular complexity index is 385. The lowest BCUT2D eigenvalue weighted by Crippen LogP contribution is -2.51. The van der Waals surface area contributed by atoms with Crippen molar-refractivity contribution in [3.05, 3.63) is 0 Å². The van der Waals surface area contributed by atoms with Crippen LogP contribution in [0.25, 0.3) is 0 Å². The molecule has 0 aromatic rings. The van der Waals surface area contributed by atoms with Crippen LogP contribution in [0.4, 0.5) is 0 Å². The molecule has 0 aromatic carbocycles. The fraction of sp³-hybridized carbons (Fsp3) is 1.00. The molecular formula is C13H26N2O3S. The van der Waals surface area contributed by atoms with Gasteiger partial charge in [0, 0.05) is 31.7 Å². The molecule has 0 saturated carbocycles. The molecule has 2 rings (SSSR count). The summed E-state index contributed by atoms with van der Waals surface area (Å²) in [5, 5.41) is 3.38. The minimum absolute atomic E-state index is 0.156. The summed E-state index contributed by atoms with van der Waals surface area (Å²) < 4.78 is 28.4. The number of ether oxygens (including phenoxy) is 1. The van der Waals surface area contributed by atoms with E-state index in [1.165, 1.54) is 0 Å². The quantitative estimate of drug-likeness (QED) is 0.787. The first-order valence-electron chi connectivity index (χ1n) is 7.29. The van der Waals surface area contributed by atoms with E-state index in [1.807, 2.05) is 0 Å². The summed E-state index contributed by atoms with van der Waals surface area (Å²) in [6, 6.07) is 0.661. The van der Waals surface area contributed by atoms with Gasteiger partial charge in [-0.25, -0.2) is 8.42 Å². The molecule has 0 radical (unpaired) electrons. The van der Waals surface area contributed by atoms with E-state index < -0.39 is 9.84 Å². The molecule has 2 aliphatic heterocycles. The van der Waals surface area contributed by atoms with Gasteiger partial charge in [-0.1, -0.05) is 6.92 Å². The van der Waals surface area contributed by atoms with E-state index >= 15 is 0 Å². The van der Waals surface area contributed by atoms with E-state index in [2.05, 4.69) is 24.1 Å². The van der Waals surface area contributed by atoms with Crippen LogP contribution in [0.5, 0.6) is 0 Å². The second kappa shape index (κ2) is 6.52. The van der Waals surface area contributed by atoms with E-state index in [1.54, 1.807) is 0 Å². The van der Waals surface area contributed by atoms with Gasteiger partial charge in [0.15, 0.2) is 9.84 Å². The van der Waals surface area contributed by atoms with E-state index in [0.29, 0.717) is 23.7 Å². The second-order valence-corrected chi connectivity index (χ2v) is 7.98. The lowest BCUT2D eigenvalue weighted by molar-refractivity contribution is -0.0552. The summed E-state index contributed by atoms with van der Waals surface area (Å²) in [6.07, 6.45) is 2.17. The van der Waals surface area contributed by atoms with Gasteiger partial charge in [0.1, 0.15) is 0 Å². The van der Waals surface area contributed by atoms with Crippen LogP contribution in [0.2, 0.25) is 0 Å². The van der Waals surface area contributed by atoms with Crippen LogP contribution in [0.15, 0.2) is 0 Å². The maximum Gasteiger partial charge on any atom is 0.151 e. The fourth-order valence-electron chi connectivity index (χ4n) is 2.93. The van der Waals surface area contributed by atoms with E-state index in [0.717, 1.165) is 39.1 Å². The molecule has 0 aromatic heterocycles. The van der Waals surface area contributed by atoms with Gasteiger partial charge in [0.05, 0.1) is 24.2 Å². The van der Waals surface area contributed by atoms with Crippen molar-refractivity contribution in [2.24, 2.45) is 0 Å². The smallest absolute Gasteiger partial charge is 0.151 e. The number of hydrogen-bond donors (Lipinski definition) is 1. The average Bonchev–Trinajstić information content (AvgIpc) is 2.69. The third-order valence-corrected chi connectivity index (χ3v) is 5.88. The highest BCUT2D eigenvalue weighted by molar-refractivity contribution is 7.91. The Morgan fingerprint density at radius 1 is 1.42 bits per heavy atom. The molecule has 0 bridgehead atoms. The van der Waals surface area contributed by atoms with Crippen LogP contribution in [-0.4, -0.2) is 69.3 Å². The Hall–Kier alpha value is -0.170. The maximum atomic E-state index is 11.4. The van der Waals surface area contributed by atoms with Crippen LogP contribution in [0.3, 0.4) is 0 Å². The number of nitrogens with zero attached hydrogens (tertiary/aromatic N) is 1. The fourth-order valence-corrected chi connectivity index (χ4v) is 4.64. The predicted molar refractivity (Wildman–Crippen MR) is 76.1 cm³/mol. The molecule has 0 spiro atoms. The molecular weight excluding hydrogens is 264 g/mol. The van der Waals surface area contributed by atoms with Crippen molar-refractivity contribution in [1.82, 2.24) is 10.2 Å². The Morgan fingerprint density at radius 2 is 2.21 bits per heavy atom. The van der Waals surface area contributed by atoms with Crippen LogP contribution < -0.4 is 5.32 Å². The number of sulfone groups is 1. The van der Waals surface area contributed by atoms with Gasteiger partial charge < -0.3 is 10.1 Å². The molecule has 2 saturated heterocycles. The standard InChI is InChI=1S/C13H26N2O3S/c1-3-13-9-18-11(2)8-15(13)6-5-14-12-4-7-19(16,17)10-12/h11-14H,3-10H2,1-2H3. The third-order valence-electron chi connectivity index (χ3n) is 4.12. The topological polar surface area (TPSA) is 58.6 Å². The van der Waals surface area contributed by atoms with Crippen LogP contribution in [0, 0.1) is 0 Å². The van der Waals surface area contributed by atoms with Gasteiger partial charge >= 0.3 is 0 Å². The average molecular weight is 290 g/mol. The molecule has 2 fully saturated rings. The molecule has 2 heterocycles.